The second kappa shape index (κ2) is 4.98. The van der Waals surface area contributed by atoms with Crippen LogP contribution in [0.15, 0.2) is 36.4 Å². The quantitative estimate of drug-likeness (QED) is 0.857. The highest BCUT2D eigenvalue weighted by Crippen LogP contribution is 2.48. The fourth-order valence-corrected chi connectivity index (χ4v) is 3.46. The zero-order valence-corrected chi connectivity index (χ0v) is 13.6. The molecule has 0 bridgehead atoms. The lowest BCUT2D eigenvalue weighted by Crippen LogP contribution is -2.12. The molecule has 3 rings (SSSR count). The van der Waals surface area contributed by atoms with Crippen molar-refractivity contribution in [3.63, 3.8) is 0 Å². The molecule has 0 saturated heterocycles. The average Bonchev–Trinajstić information content (AvgIpc) is 2.72. The van der Waals surface area contributed by atoms with Crippen LogP contribution in [-0.4, -0.2) is 11.1 Å². The summed E-state index contributed by atoms with van der Waals surface area (Å²) < 4.78 is 0. The molecular formula is C20H22O2. The van der Waals surface area contributed by atoms with Crippen LogP contribution >= 0.6 is 0 Å². The van der Waals surface area contributed by atoms with E-state index in [-0.39, 0.29) is 17.8 Å². The third-order valence-electron chi connectivity index (χ3n) is 4.62. The lowest BCUT2D eigenvalue weighted by molar-refractivity contribution is -0.137. The molecule has 0 amide bonds. The lowest BCUT2D eigenvalue weighted by atomic mass is 9.83. The van der Waals surface area contributed by atoms with Crippen LogP contribution in [0.1, 0.15) is 55.4 Å². The molecule has 0 spiro atoms. The van der Waals surface area contributed by atoms with Crippen LogP contribution in [0, 0.1) is 6.92 Å². The van der Waals surface area contributed by atoms with E-state index in [2.05, 4.69) is 58.0 Å². The summed E-state index contributed by atoms with van der Waals surface area (Å²) >= 11 is 0. The zero-order valence-electron chi connectivity index (χ0n) is 13.6. The Hall–Kier alpha value is -2.09. The van der Waals surface area contributed by atoms with Crippen molar-refractivity contribution in [3.8, 4) is 11.1 Å². The van der Waals surface area contributed by atoms with Crippen molar-refractivity contribution < 1.29 is 9.90 Å². The number of rotatable bonds is 2. The molecule has 0 heterocycles. The minimum Gasteiger partial charge on any atom is -0.481 e. The molecule has 22 heavy (non-hydrogen) atoms. The highest BCUT2D eigenvalue weighted by molar-refractivity contribution is 5.84. The van der Waals surface area contributed by atoms with Gasteiger partial charge in [0.2, 0.25) is 0 Å². The Morgan fingerprint density at radius 1 is 1.14 bits per heavy atom. The molecule has 0 aromatic heterocycles. The molecule has 2 nitrogen and oxygen atoms in total. The first-order valence-electron chi connectivity index (χ1n) is 7.75. The second-order valence-corrected chi connectivity index (χ2v) is 7.24. The number of benzene rings is 2. The van der Waals surface area contributed by atoms with Gasteiger partial charge in [-0.2, -0.15) is 0 Å². The van der Waals surface area contributed by atoms with E-state index >= 15 is 0 Å². The van der Waals surface area contributed by atoms with E-state index in [1.165, 1.54) is 27.8 Å². The van der Waals surface area contributed by atoms with Crippen LogP contribution in [-0.2, 0) is 10.2 Å². The number of carbonyl (C=O) groups is 1. The van der Waals surface area contributed by atoms with Gasteiger partial charge in [-0.3, -0.25) is 4.79 Å². The predicted molar refractivity (Wildman–Crippen MR) is 89.4 cm³/mol. The van der Waals surface area contributed by atoms with Crippen molar-refractivity contribution in [1.29, 1.82) is 0 Å². The molecule has 0 radical (unpaired) electrons. The second-order valence-electron chi connectivity index (χ2n) is 7.24. The predicted octanol–water partition coefficient (Wildman–Crippen LogP) is 4.88. The third kappa shape index (κ3) is 2.33. The maximum atomic E-state index is 11.3. The van der Waals surface area contributed by atoms with Crippen molar-refractivity contribution in [3.05, 3.63) is 58.7 Å². The summed E-state index contributed by atoms with van der Waals surface area (Å²) in [5, 5.41) is 9.32. The Kier molecular flexibility index (Phi) is 3.36. The fraction of sp³-hybridized carbons (Fsp3) is 0.350. The van der Waals surface area contributed by atoms with Gasteiger partial charge in [-0.15, -0.1) is 0 Å². The van der Waals surface area contributed by atoms with E-state index in [0.29, 0.717) is 0 Å². The molecular weight excluding hydrogens is 272 g/mol. The van der Waals surface area contributed by atoms with Gasteiger partial charge in [-0.05, 0) is 45.7 Å². The Balaban J connectivity index is 2.23. The molecule has 1 N–H and O–H groups in total. The van der Waals surface area contributed by atoms with E-state index in [1.807, 2.05) is 6.07 Å². The number of carboxylic acid groups (broad SMARTS) is 1. The van der Waals surface area contributed by atoms with Gasteiger partial charge < -0.3 is 5.11 Å². The Bertz CT molecular complexity index is 751. The molecule has 2 aromatic carbocycles. The van der Waals surface area contributed by atoms with Gasteiger partial charge in [0.1, 0.15) is 0 Å². The summed E-state index contributed by atoms with van der Waals surface area (Å²) in [6.07, 6.45) is 0.150. The van der Waals surface area contributed by atoms with Gasteiger partial charge in [0.05, 0.1) is 6.42 Å². The number of aliphatic carboxylic acids is 1. The highest BCUT2D eigenvalue weighted by Gasteiger charge is 2.32. The van der Waals surface area contributed by atoms with Crippen LogP contribution < -0.4 is 0 Å². The number of hydrogen-bond donors (Lipinski definition) is 1. The van der Waals surface area contributed by atoms with Crippen molar-refractivity contribution in [2.45, 2.75) is 45.4 Å². The SMILES string of the molecule is Cc1cccc2c1-c1ccc(C(C)(C)C)cc1C2CC(=O)O. The van der Waals surface area contributed by atoms with Gasteiger partial charge in [-0.1, -0.05) is 57.2 Å². The molecule has 1 aliphatic carbocycles. The monoisotopic (exact) mass is 294 g/mol. The standard InChI is InChI=1S/C20H22O2/c1-12-6-5-7-14-17(11-18(21)22)16-10-13(20(2,3)4)8-9-15(16)19(12)14/h5-10,17H,11H2,1-4H3,(H,21,22). The summed E-state index contributed by atoms with van der Waals surface area (Å²) in [4.78, 5) is 11.3. The molecule has 1 aliphatic rings. The molecule has 114 valence electrons. The first-order valence-corrected chi connectivity index (χ1v) is 7.75. The first kappa shape index (κ1) is 14.8. The summed E-state index contributed by atoms with van der Waals surface area (Å²) in [5.41, 5.74) is 7.29. The van der Waals surface area contributed by atoms with E-state index < -0.39 is 5.97 Å². The number of aryl methyl sites for hydroxylation is 1. The van der Waals surface area contributed by atoms with Crippen molar-refractivity contribution in [2.24, 2.45) is 0 Å². The van der Waals surface area contributed by atoms with Gasteiger partial charge >= 0.3 is 5.97 Å². The smallest absolute Gasteiger partial charge is 0.304 e. The largest absolute Gasteiger partial charge is 0.481 e. The van der Waals surface area contributed by atoms with E-state index in [1.54, 1.807) is 0 Å². The Morgan fingerprint density at radius 2 is 1.86 bits per heavy atom. The Labute approximate surface area is 131 Å². The van der Waals surface area contributed by atoms with E-state index in [9.17, 15) is 9.90 Å². The summed E-state index contributed by atoms with van der Waals surface area (Å²) in [7, 11) is 0. The normalized spacial score (nSPS) is 16.3. The molecule has 0 fully saturated rings. The molecule has 2 heteroatoms. The summed E-state index contributed by atoms with van der Waals surface area (Å²) in [6.45, 7) is 8.67. The van der Waals surface area contributed by atoms with Gasteiger partial charge in [0, 0.05) is 5.92 Å². The minimum atomic E-state index is -0.744. The molecule has 0 saturated carbocycles. The van der Waals surface area contributed by atoms with Crippen molar-refractivity contribution in [2.75, 3.05) is 0 Å². The maximum absolute atomic E-state index is 11.3. The van der Waals surface area contributed by atoms with Gasteiger partial charge in [-0.25, -0.2) is 0 Å². The van der Waals surface area contributed by atoms with E-state index in [4.69, 9.17) is 0 Å². The first-order chi connectivity index (χ1) is 10.3. The van der Waals surface area contributed by atoms with Crippen LogP contribution in [0.2, 0.25) is 0 Å². The summed E-state index contributed by atoms with van der Waals surface area (Å²) in [6, 6.07) is 12.8. The average molecular weight is 294 g/mol. The Morgan fingerprint density at radius 3 is 2.50 bits per heavy atom. The molecule has 1 unspecified atom stereocenters. The zero-order chi connectivity index (χ0) is 16.1. The number of fused-ring (bicyclic) bond motifs is 3. The number of hydrogen-bond acceptors (Lipinski definition) is 1. The number of carboxylic acids is 1. The minimum absolute atomic E-state index is 0.0373. The van der Waals surface area contributed by atoms with Crippen molar-refractivity contribution >= 4 is 5.97 Å². The topological polar surface area (TPSA) is 37.3 Å². The molecule has 2 aromatic rings. The van der Waals surface area contributed by atoms with Gasteiger partial charge in [0.15, 0.2) is 0 Å². The summed E-state index contributed by atoms with van der Waals surface area (Å²) in [5.74, 6) is -0.781. The molecule has 0 aliphatic heterocycles. The third-order valence-corrected chi connectivity index (χ3v) is 4.62. The van der Waals surface area contributed by atoms with Crippen LogP contribution in [0.3, 0.4) is 0 Å². The van der Waals surface area contributed by atoms with Gasteiger partial charge in [0.25, 0.3) is 0 Å². The fourth-order valence-electron chi connectivity index (χ4n) is 3.46. The maximum Gasteiger partial charge on any atom is 0.304 e. The van der Waals surface area contributed by atoms with Crippen LogP contribution in [0.4, 0.5) is 0 Å². The van der Waals surface area contributed by atoms with E-state index in [0.717, 1.165) is 5.56 Å². The van der Waals surface area contributed by atoms with Crippen molar-refractivity contribution in [1.82, 2.24) is 0 Å². The molecule has 1 atom stereocenters. The lowest BCUT2D eigenvalue weighted by Gasteiger charge is -2.21. The highest BCUT2D eigenvalue weighted by atomic mass is 16.4. The van der Waals surface area contributed by atoms with Crippen LogP contribution in [0.5, 0.6) is 0 Å². The van der Waals surface area contributed by atoms with Crippen LogP contribution in [0.25, 0.3) is 11.1 Å².